The number of hydrogen-bond acceptors (Lipinski definition) is 7. The number of phenols is 1. The van der Waals surface area contributed by atoms with Crippen LogP contribution in [0.4, 0.5) is 5.69 Å². The number of esters is 1. The summed E-state index contributed by atoms with van der Waals surface area (Å²) in [5.74, 6) is -1.16. The molecule has 7 nitrogen and oxygen atoms in total. The number of carbonyl (C=O) groups is 1. The molecule has 0 fully saturated rings. The van der Waals surface area contributed by atoms with Gasteiger partial charge in [0.2, 0.25) is 0 Å². The van der Waals surface area contributed by atoms with Crippen LogP contribution in [0.3, 0.4) is 0 Å². The smallest absolute Gasteiger partial charge is 0.341 e. The van der Waals surface area contributed by atoms with E-state index in [-0.39, 0.29) is 26.4 Å². The molecule has 1 aromatic heterocycles. The minimum absolute atomic E-state index is 0.0400. The van der Waals surface area contributed by atoms with Crippen molar-refractivity contribution in [3.05, 3.63) is 64.0 Å². The standard InChI is InChI=1S/C19H16ClNO6S2/c1-27-19(24)14-7-6-12(8-16(14)23)21-29(25,26)17-9-15(18(20)28-17)13-5-3-2-4-11(13)10-22/h2-9,21-23H,10H2,1H3. The fourth-order valence-electron chi connectivity index (χ4n) is 2.67. The van der Waals surface area contributed by atoms with Crippen molar-refractivity contribution in [2.24, 2.45) is 0 Å². The van der Waals surface area contributed by atoms with E-state index < -0.39 is 21.7 Å². The molecule has 0 unspecified atom stereocenters. The number of thiophene rings is 1. The van der Waals surface area contributed by atoms with Crippen molar-refractivity contribution in [2.75, 3.05) is 11.8 Å². The highest BCUT2D eigenvalue weighted by Gasteiger charge is 2.22. The van der Waals surface area contributed by atoms with Gasteiger partial charge in [-0.1, -0.05) is 35.9 Å². The maximum Gasteiger partial charge on any atom is 0.341 e. The molecule has 0 atom stereocenters. The number of anilines is 1. The van der Waals surface area contributed by atoms with Gasteiger partial charge < -0.3 is 14.9 Å². The van der Waals surface area contributed by atoms with Crippen LogP contribution in [0.1, 0.15) is 15.9 Å². The quantitative estimate of drug-likeness (QED) is 0.488. The van der Waals surface area contributed by atoms with E-state index in [9.17, 15) is 23.4 Å². The monoisotopic (exact) mass is 453 g/mol. The van der Waals surface area contributed by atoms with Crippen LogP contribution in [-0.2, 0) is 21.4 Å². The lowest BCUT2D eigenvalue weighted by Gasteiger charge is -2.08. The molecular weight excluding hydrogens is 438 g/mol. The normalized spacial score (nSPS) is 11.3. The second-order valence-electron chi connectivity index (χ2n) is 5.90. The van der Waals surface area contributed by atoms with E-state index >= 15 is 0 Å². The first-order valence-corrected chi connectivity index (χ1v) is 10.9. The van der Waals surface area contributed by atoms with Gasteiger partial charge in [0.25, 0.3) is 10.0 Å². The van der Waals surface area contributed by atoms with E-state index in [1.807, 2.05) is 0 Å². The van der Waals surface area contributed by atoms with Gasteiger partial charge >= 0.3 is 5.97 Å². The molecule has 0 spiro atoms. The minimum atomic E-state index is -4.00. The maximum absolute atomic E-state index is 12.8. The number of nitrogens with one attached hydrogen (secondary N) is 1. The molecule has 0 aliphatic carbocycles. The van der Waals surface area contributed by atoms with Crippen molar-refractivity contribution in [3.63, 3.8) is 0 Å². The average molecular weight is 454 g/mol. The Morgan fingerprint density at radius 1 is 1.17 bits per heavy atom. The van der Waals surface area contributed by atoms with Gasteiger partial charge in [-0.15, -0.1) is 11.3 Å². The predicted molar refractivity (Wildman–Crippen MR) is 111 cm³/mol. The predicted octanol–water partition coefficient (Wildman–Crippen LogP) is 3.85. The topological polar surface area (TPSA) is 113 Å². The van der Waals surface area contributed by atoms with Crippen LogP contribution in [0.15, 0.2) is 52.7 Å². The van der Waals surface area contributed by atoms with Crippen molar-refractivity contribution in [2.45, 2.75) is 10.8 Å². The van der Waals surface area contributed by atoms with Crippen molar-refractivity contribution in [3.8, 4) is 16.9 Å². The lowest BCUT2D eigenvalue weighted by atomic mass is 10.0. The number of benzene rings is 2. The fourth-order valence-corrected chi connectivity index (χ4v) is 5.47. The lowest BCUT2D eigenvalue weighted by molar-refractivity contribution is 0.0597. The first kappa shape index (κ1) is 21.1. The number of halogens is 1. The van der Waals surface area contributed by atoms with Crippen LogP contribution in [0.2, 0.25) is 4.34 Å². The Morgan fingerprint density at radius 3 is 2.55 bits per heavy atom. The van der Waals surface area contributed by atoms with E-state index in [2.05, 4.69) is 9.46 Å². The summed E-state index contributed by atoms with van der Waals surface area (Å²) in [6.45, 7) is -0.214. The first-order chi connectivity index (χ1) is 13.8. The molecule has 0 aliphatic rings. The number of aromatic hydroxyl groups is 1. The van der Waals surface area contributed by atoms with Gasteiger partial charge in [0, 0.05) is 11.6 Å². The van der Waals surface area contributed by atoms with Crippen LogP contribution >= 0.6 is 22.9 Å². The Bertz CT molecular complexity index is 1170. The molecule has 29 heavy (non-hydrogen) atoms. The van der Waals surface area contributed by atoms with Gasteiger partial charge in [-0.25, -0.2) is 13.2 Å². The minimum Gasteiger partial charge on any atom is -0.507 e. The number of ether oxygens (including phenoxy) is 1. The van der Waals surface area contributed by atoms with Gasteiger partial charge in [0.05, 0.1) is 19.4 Å². The third-order valence-electron chi connectivity index (χ3n) is 4.06. The molecule has 0 saturated heterocycles. The third kappa shape index (κ3) is 4.38. The van der Waals surface area contributed by atoms with Crippen molar-refractivity contribution >= 4 is 44.6 Å². The van der Waals surface area contributed by atoms with Crippen LogP contribution < -0.4 is 4.72 Å². The third-order valence-corrected chi connectivity index (χ3v) is 7.28. The second-order valence-corrected chi connectivity index (χ2v) is 9.46. The summed E-state index contributed by atoms with van der Waals surface area (Å²) in [6.07, 6.45) is 0. The van der Waals surface area contributed by atoms with Gasteiger partial charge in [-0.3, -0.25) is 4.72 Å². The highest BCUT2D eigenvalue weighted by Crippen LogP contribution is 2.39. The lowest BCUT2D eigenvalue weighted by Crippen LogP contribution is -2.12. The second kappa shape index (κ2) is 8.42. The summed E-state index contributed by atoms with van der Waals surface area (Å²) in [5.41, 5.74) is 1.73. The molecule has 10 heteroatoms. The van der Waals surface area contributed by atoms with Gasteiger partial charge in [-0.05, 0) is 29.3 Å². The van der Waals surface area contributed by atoms with Gasteiger partial charge in [0.15, 0.2) is 0 Å². The zero-order chi connectivity index (χ0) is 21.2. The summed E-state index contributed by atoms with van der Waals surface area (Å²) in [4.78, 5) is 11.5. The van der Waals surface area contributed by atoms with E-state index in [1.54, 1.807) is 24.3 Å². The van der Waals surface area contributed by atoms with Crippen molar-refractivity contribution in [1.82, 2.24) is 0 Å². The van der Waals surface area contributed by atoms with E-state index in [1.165, 1.54) is 25.3 Å². The maximum atomic E-state index is 12.8. The average Bonchev–Trinajstić information content (AvgIpc) is 3.09. The number of carbonyl (C=O) groups excluding carboxylic acids is 1. The van der Waals surface area contributed by atoms with E-state index in [0.717, 1.165) is 17.4 Å². The zero-order valence-corrected chi connectivity index (χ0v) is 17.4. The number of rotatable bonds is 6. The Morgan fingerprint density at radius 2 is 1.90 bits per heavy atom. The highest BCUT2D eigenvalue weighted by molar-refractivity contribution is 7.94. The fraction of sp³-hybridized carbons (Fsp3) is 0.105. The summed E-state index contributed by atoms with van der Waals surface area (Å²) >= 11 is 7.13. The summed E-state index contributed by atoms with van der Waals surface area (Å²) in [6, 6.07) is 12.1. The number of aliphatic hydroxyl groups excluding tert-OH is 1. The molecule has 2 aromatic carbocycles. The number of sulfonamides is 1. The van der Waals surface area contributed by atoms with Crippen LogP contribution in [-0.4, -0.2) is 31.7 Å². The molecular formula is C19H16ClNO6S2. The van der Waals surface area contributed by atoms with E-state index in [0.29, 0.717) is 16.7 Å². The molecule has 0 bridgehead atoms. The van der Waals surface area contributed by atoms with Crippen molar-refractivity contribution in [1.29, 1.82) is 0 Å². The van der Waals surface area contributed by atoms with Gasteiger partial charge in [-0.2, -0.15) is 0 Å². The Labute approximate surface area is 176 Å². The Kier molecular flexibility index (Phi) is 6.13. The number of hydrogen-bond donors (Lipinski definition) is 3. The molecule has 3 rings (SSSR count). The Balaban J connectivity index is 1.93. The number of methoxy groups -OCH3 is 1. The highest BCUT2D eigenvalue weighted by atomic mass is 35.5. The summed E-state index contributed by atoms with van der Waals surface area (Å²) in [5, 5.41) is 19.4. The molecule has 0 saturated carbocycles. The molecule has 1 heterocycles. The van der Waals surface area contributed by atoms with Crippen molar-refractivity contribution < 1.29 is 28.2 Å². The largest absolute Gasteiger partial charge is 0.507 e. The number of phenolic OH excluding ortho intramolecular Hbond substituents is 1. The van der Waals surface area contributed by atoms with Gasteiger partial charge in [0.1, 0.15) is 19.9 Å². The SMILES string of the molecule is COC(=O)c1ccc(NS(=O)(=O)c2cc(-c3ccccc3CO)c(Cl)s2)cc1O. The van der Waals surface area contributed by atoms with Crippen LogP contribution in [0.25, 0.3) is 11.1 Å². The molecule has 3 aromatic rings. The molecule has 0 aliphatic heterocycles. The van der Waals surface area contributed by atoms with Crippen LogP contribution in [0.5, 0.6) is 5.75 Å². The summed E-state index contributed by atoms with van der Waals surface area (Å²) in [7, 11) is -2.83. The van der Waals surface area contributed by atoms with E-state index in [4.69, 9.17) is 11.6 Å². The molecule has 0 radical (unpaired) electrons. The van der Waals surface area contributed by atoms with Crippen LogP contribution in [0, 0.1) is 0 Å². The molecule has 0 amide bonds. The number of aliphatic hydroxyl groups is 1. The Hall–Kier alpha value is -2.59. The zero-order valence-electron chi connectivity index (χ0n) is 15.0. The summed E-state index contributed by atoms with van der Waals surface area (Å²) < 4.78 is 32.6. The molecule has 3 N–H and O–H groups in total. The first-order valence-electron chi connectivity index (χ1n) is 8.19. The molecule has 152 valence electrons.